The molecular weight excluding hydrogens is 396 g/mol. The average molecular weight is 435 g/mol. The first-order valence-electron chi connectivity index (χ1n) is 11.4. The lowest BCUT2D eigenvalue weighted by Crippen LogP contribution is -2.48. The molecule has 168 valence electrons. The number of guanidine groups is 1. The van der Waals surface area contributed by atoms with E-state index in [1.54, 1.807) is 7.11 Å². The van der Waals surface area contributed by atoms with Crippen LogP contribution >= 0.6 is 0 Å². The van der Waals surface area contributed by atoms with E-state index in [2.05, 4.69) is 32.7 Å². The molecule has 30 heavy (non-hydrogen) atoms. The third kappa shape index (κ3) is 5.97. The highest BCUT2D eigenvalue weighted by atomic mass is 32.2. The first-order valence-corrected chi connectivity index (χ1v) is 12.8. The summed E-state index contributed by atoms with van der Waals surface area (Å²) in [5, 5.41) is 7.47. The van der Waals surface area contributed by atoms with Crippen LogP contribution in [0.1, 0.15) is 57.1 Å². The number of likely N-dealkylation sites (tertiary alicyclic amines) is 1. The number of benzene rings is 1. The van der Waals surface area contributed by atoms with Crippen LogP contribution in [0, 0.1) is 0 Å². The van der Waals surface area contributed by atoms with Gasteiger partial charge in [0.2, 0.25) is 0 Å². The zero-order chi connectivity index (χ0) is 21.3. The second-order valence-corrected chi connectivity index (χ2v) is 10.3. The summed E-state index contributed by atoms with van der Waals surface area (Å²) in [6.45, 7) is 5.02. The molecule has 6 nitrogen and oxygen atoms in total. The number of hydrogen-bond donors (Lipinski definition) is 2. The molecule has 1 aliphatic heterocycles. The molecule has 1 saturated carbocycles. The Labute approximate surface area is 184 Å². The zero-order valence-electron chi connectivity index (χ0n) is 18.7. The van der Waals surface area contributed by atoms with Crippen LogP contribution in [0.15, 0.2) is 29.3 Å². The number of aliphatic imine (C=N–C) groups is 1. The van der Waals surface area contributed by atoms with Crippen molar-refractivity contribution < 1.29 is 8.95 Å². The van der Waals surface area contributed by atoms with Gasteiger partial charge in [0.1, 0.15) is 5.75 Å². The van der Waals surface area contributed by atoms with Crippen LogP contribution in [0.4, 0.5) is 0 Å². The number of hydrogen-bond acceptors (Lipinski definition) is 4. The molecule has 1 heterocycles. The van der Waals surface area contributed by atoms with E-state index in [0.717, 1.165) is 62.8 Å². The van der Waals surface area contributed by atoms with Gasteiger partial charge >= 0.3 is 0 Å². The van der Waals surface area contributed by atoms with Gasteiger partial charge in [0.05, 0.1) is 13.2 Å². The van der Waals surface area contributed by atoms with Crippen molar-refractivity contribution in [1.82, 2.24) is 15.5 Å². The standard InChI is InChI=1S/C23H38N4O2S/c1-4-30(28)19-11-9-10-18(16-19)26-23(24-2)25-17-21(27-14-7-8-15-27)20-12-5-6-13-22(20)29-3/h5-6,12-13,18-19,21H,4,7-11,14-17H2,1-3H3,(H2,24,25,26). The summed E-state index contributed by atoms with van der Waals surface area (Å²) in [7, 11) is 2.86. The lowest BCUT2D eigenvalue weighted by atomic mass is 9.95. The van der Waals surface area contributed by atoms with Crippen molar-refractivity contribution in [2.24, 2.45) is 4.99 Å². The van der Waals surface area contributed by atoms with E-state index in [4.69, 9.17) is 4.74 Å². The van der Waals surface area contributed by atoms with Crippen LogP contribution in [0.25, 0.3) is 0 Å². The van der Waals surface area contributed by atoms with E-state index >= 15 is 0 Å². The zero-order valence-corrected chi connectivity index (χ0v) is 19.5. The predicted molar refractivity (Wildman–Crippen MR) is 126 cm³/mol. The number of ether oxygens (including phenoxy) is 1. The van der Waals surface area contributed by atoms with Gasteiger partial charge in [-0.1, -0.05) is 31.5 Å². The fourth-order valence-electron chi connectivity index (χ4n) is 4.76. The molecule has 0 aromatic heterocycles. The van der Waals surface area contributed by atoms with Gasteiger partial charge in [-0.15, -0.1) is 0 Å². The Bertz CT molecular complexity index is 721. The molecule has 1 aliphatic carbocycles. The van der Waals surface area contributed by atoms with Gasteiger partial charge in [0, 0.05) is 47.0 Å². The monoisotopic (exact) mass is 434 g/mol. The van der Waals surface area contributed by atoms with Crippen molar-refractivity contribution in [3.05, 3.63) is 29.8 Å². The molecule has 0 radical (unpaired) electrons. The quantitative estimate of drug-likeness (QED) is 0.486. The molecule has 0 spiro atoms. The van der Waals surface area contributed by atoms with Gasteiger partial charge in [-0.05, 0) is 51.3 Å². The highest BCUT2D eigenvalue weighted by Gasteiger charge is 2.28. The van der Waals surface area contributed by atoms with Gasteiger partial charge in [0.25, 0.3) is 0 Å². The fraction of sp³-hybridized carbons (Fsp3) is 0.696. The van der Waals surface area contributed by atoms with E-state index in [1.165, 1.54) is 18.4 Å². The minimum atomic E-state index is -0.713. The lowest BCUT2D eigenvalue weighted by Gasteiger charge is -2.32. The maximum absolute atomic E-state index is 12.3. The lowest BCUT2D eigenvalue weighted by molar-refractivity contribution is 0.239. The molecule has 4 atom stereocenters. The number of methoxy groups -OCH3 is 1. The molecule has 2 aliphatic rings. The van der Waals surface area contributed by atoms with Crippen LogP contribution in [0.2, 0.25) is 0 Å². The molecule has 2 fully saturated rings. The normalized spacial score (nSPS) is 25.0. The topological polar surface area (TPSA) is 66.0 Å². The van der Waals surface area contributed by atoms with E-state index < -0.39 is 10.8 Å². The van der Waals surface area contributed by atoms with Crippen LogP contribution in [0.3, 0.4) is 0 Å². The second-order valence-electron chi connectivity index (χ2n) is 8.25. The Morgan fingerprint density at radius 2 is 2.03 bits per heavy atom. The summed E-state index contributed by atoms with van der Waals surface area (Å²) >= 11 is 0. The minimum absolute atomic E-state index is 0.244. The predicted octanol–water partition coefficient (Wildman–Crippen LogP) is 3.08. The van der Waals surface area contributed by atoms with Crippen LogP contribution < -0.4 is 15.4 Å². The number of rotatable bonds is 8. The molecular formula is C23H38N4O2S. The van der Waals surface area contributed by atoms with E-state index in [9.17, 15) is 4.21 Å². The number of nitrogens with zero attached hydrogens (tertiary/aromatic N) is 2. The van der Waals surface area contributed by atoms with Crippen molar-refractivity contribution in [2.45, 2.75) is 62.8 Å². The maximum atomic E-state index is 12.3. The largest absolute Gasteiger partial charge is 0.496 e. The van der Waals surface area contributed by atoms with Crippen LogP contribution in [-0.4, -0.2) is 65.9 Å². The van der Waals surface area contributed by atoms with Gasteiger partial charge < -0.3 is 15.4 Å². The maximum Gasteiger partial charge on any atom is 0.191 e. The summed E-state index contributed by atoms with van der Waals surface area (Å²) in [6, 6.07) is 8.91. The number of para-hydroxylation sites is 1. The van der Waals surface area contributed by atoms with Gasteiger partial charge in [-0.25, -0.2) is 0 Å². The molecule has 7 heteroatoms. The van der Waals surface area contributed by atoms with E-state index in [1.807, 2.05) is 26.1 Å². The molecule has 1 saturated heterocycles. The number of nitrogens with one attached hydrogen (secondary N) is 2. The summed E-state index contributed by atoms with van der Waals surface area (Å²) in [6.07, 6.45) is 6.77. The minimum Gasteiger partial charge on any atom is -0.496 e. The molecule has 1 aromatic carbocycles. The Balaban J connectivity index is 1.64. The molecule has 0 bridgehead atoms. The third-order valence-corrected chi connectivity index (χ3v) is 8.13. The smallest absolute Gasteiger partial charge is 0.191 e. The van der Waals surface area contributed by atoms with E-state index in [0.29, 0.717) is 11.3 Å². The molecule has 4 unspecified atom stereocenters. The first kappa shape index (κ1) is 23.1. The first-order chi connectivity index (χ1) is 14.7. The van der Waals surface area contributed by atoms with Crippen LogP contribution in [0.5, 0.6) is 5.75 Å². The van der Waals surface area contributed by atoms with Gasteiger partial charge in [-0.2, -0.15) is 0 Å². The van der Waals surface area contributed by atoms with Crippen molar-refractivity contribution in [3.8, 4) is 5.75 Å². The SMILES string of the molecule is CCS(=O)C1CCCC(NC(=NC)NCC(c2ccccc2OC)N2CCCC2)C1. The van der Waals surface area contributed by atoms with Gasteiger partial charge in [-0.3, -0.25) is 14.1 Å². The summed E-state index contributed by atoms with van der Waals surface area (Å²) in [5.74, 6) is 2.53. The molecule has 0 amide bonds. The highest BCUT2D eigenvalue weighted by Crippen LogP contribution is 2.31. The Morgan fingerprint density at radius 3 is 2.73 bits per heavy atom. The third-order valence-electron chi connectivity index (χ3n) is 6.39. The van der Waals surface area contributed by atoms with E-state index in [-0.39, 0.29) is 6.04 Å². The highest BCUT2D eigenvalue weighted by molar-refractivity contribution is 7.85. The van der Waals surface area contributed by atoms with Crippen molar-refractivity contribution in [1.29, 1.82) is 0 Å². The molecule has 2 N–H and O–H groups in total. The van der Waals surface area contributed by atoms with Crippen LogP contribution in [-0.2, 0) is 10.8 Å². The summed E-state index contributed by atoms with van der Waals surface area (Å²) < 4.78 is 17.9. The average Bonchev–Trinajstić information content (AvgIpc) is 3.33. The molecule has 3 rings (SSSR count). The van der Waals surface area contributed by atoms with Crippen molar-refractivity contribution in [3.63, 3.8) is 0 Å². The Hall–Kier alpha value is -1.60. The Kier molecular flexibility index (Phi) is 9.00. The van der Waals surface area contributed by atoms with Crippen molar-refractivity contribution in [2.75, 3.05) is 39.5 Å². The van der Waals surface area contributed by atoms with Crippen molar-refractivity contribution >= 4 is 16.8 Å². The van der Waals surface area contributed by atoms with Gasteiger partial charge in [0.15, 0.2) is 5.96 Å². The Morgan fingerprint density at radius 1 is 1.27 bits per heavy atom. The second kappa shape index (κ2) is 11.7. The fourth-order valence-corrected chi connectivity index (χ4v) is 6.11. The molecule has 1 aromatic rings. The summed E-state index contributed by atoms with van der Waals surface area (Å²) in [4.78, 5) is 7.02. The summed E-state index contributed by atoms with van der Waals surface area (Å²) in [5.41, 5.74) is 1.22.